The van der Waals surface area contributed by atoms with Gasteiger partial charge >= 0.3 is 0 Å². The van der Waals surface area contributed by atoms with Crippen molar-refractivity contribution >= 4 is 44.4 Å². The highest BCUT2D eigenvalue weighted by atomic mass is 32.2. The fraction of sp³-hybridized carbons (Fsp3) is 0.231. The molecule has 0 fully saturated rings. The molecule has 1 amide bonds. The van der Waals surface area contributed by atoms with Crippen molar-refractivity contribution in [2.45, 2.75) is 44.4 Å². The SMILES string of the molecule is Cc1cc2nc(N(Cc3ccccc3)C(=O)c3ccc(SC(C)C)cc3)sc2cc1C. The van der Waals surface area contributed by atoms with E-state index in [4.69, 9.17) is 4.98 Å². The van der Waals surface area contributed by atoms with Gasteiger partial charge < -0.3 is 0 Å². The van der Waals surface area contributed by atoms with Crippen LogP contribution in [0.1, 0.15) is 40.9 Å². The standard InChI is InChI=1S/C26H26N2OS2/c1-17(2)30-22-12-10-21(11-13-22)25(29)28(16-20-8-6-5-7-9-20)26-27-23-14-18(3)19(4)15-24(23)31-26/h5-15,17H,16H2,1-4H3. The monoisotopic (exact) mass is 446 g/mol. The molecule has 5 heteroatoms. The van der Waals surface area contributed by atoms with E-state index in [2.05, 4.69) is 39.8 Å². The smallest absolute Gasteiger partial charge is 0.260 e. The van der Waals surface area contributed by atoms with Crippen LogP contribution in [-0.4, -0.2) is 16.1 Å². The number of aryl methyl sites for hydroxylation is 2. The molecule has 31 heavy (non-hydrogen) atoms. The van der Waals surface area contributed by atoms with E-state index in [0.717, 1.165) is 20.9 Å². The minimum atomic E-state index is -0.0301. The summed E-state index contributed by atoms with van der Waals surface area (Å²) in [5.41, 5.74) is 5.15. The highest BCUT2D eigenvalue weighted by Crippen LogP contribution is 2.33. The first-order chi connectivity index (χ1) is 14.9. The fourth-order valence-corrected chi connectivity index (χ4v) is 5.26. The van der Waals surface area contributed by atoms with Gasteiger partial charge in [0.15, 0.2) is 5.13 Å². The summed E-state index contributed by atoms with van der Waals surface area (Å²) >= 11 is 3.37. The number of aromatic nitrogens is 1. The van der Waals surface area contributed by atoms with Crippen molar-refractivity contribution in [1.29, 1.82) is 0 Å². The van der Waals surface area contributed by atoms with Gasteiger partial charge in [-0.05, 0) is 66.9 Å². The highest BCUT2D eigenvalue weighted by Gasteiger charge is 2.22. The molecule has 1 heterocycles. The molecule has 0 aliphatic heterocycles. The average molecular weight is 447 g/mol. The minimum Gasteiger partial charge on any atom is -0.279 e. The van der Waals surface area contributed by atoms with Crippen molar-refractivity contribution in [2.75, 3.05) is 4.90 Å². The van der Waals surface area contributed by atoms with E-state index >= 15 is 0 Å². The molecular weight excluding hydrogens is 420 g/mol. The Morgan fingerprint density at radius 3 is 2.35 bits per heavy atom. The Kier molecular flexibility index (Phi) is 6.44. The third-order valence-corrected chi connectivity index (χ3v) is 7.18. The number of benzene rings is 3. The summed E-state index contributed by atoms with van der Waals surface area (Å²) in [6.07, 6.45) is 0. The number of amides is 1. The molecule has 4 aromatic rings. The number of anilines is 1. The molecule has 0 N–H and O–H groups in total. The van der Waals surface area contributed by atoms with Crippen LogP contribution in [0, 0.1) is 13.8 Å². The number of fused-ring (bicyclic) bond motifs is 1. The molecule has 0 saturated carbocycles. The number of hydrogen-bond donors (Lipinski definition) is 0. The summed E-state index contributed by atoms with van der Waals surface area (Å²) in [5, 5.41) is 1.24. The van der Waals surface area contributed by atoms with Gasteiger partial charge in [-0.3, -0.25) is 9.69 Å². The number of thioether (sulfide) groups is 1. The van der Waals surface area contributed by atoms with Gasteiger partial charge in [-0.15, -0.1) is 11.8 Å². The predicted molar refractivity (Wildman–Crippen MR) is 133 cm³/mol. The van der Waals surface area contributed by atoms with Crippen LogP contribution in [-0.2, 0) is 6.54 Å². The average Bonchev–Trinajstić information content (AvgIpc) is 3.15. The van der Waals surface area contributed by atoms with Gasteiger partial charge in [0, 0.05) is 15.7 Å². The van der Waals surface area contributed by atoms with Crippen LogP contribution in [0.15, 0.2) is 71.6 Å². The lowest BCUT2D eigenvalue weighted by atomic mass is 10.1. The molecule has 4 rings (SSSR count). The zero-order valence-corrected chi connectivity index (χ0v) is 19.9. The lowest BCUT2D eigenvalue weighted by Crippen LogP contribution is -2.30. The van der Waals surface area contributed by atoms with Gasteiger partial charge in [-0.2, -0.15) is 0 Å². The predicted octanol–water partition coefficient (Wildman–Crippen LogP) is 7.26. The number of carbonyl (C=O) groups excluding carboxylic acids is 1. The second kappa shape index (κ2) is 9.25. The number of carbonyl (C=O) groups is 1. The summed E-state index contributed by atoms with van der Waals surface area (Å²) in [7, 11) is 0. The largest absolute Gasteiger partial charge is 0.279 e. The van der Waals surface area contributed by atoms with Crippen LogP contribution in [0.4, 0.5) is 5.13 Å². The van der Waals surface area contributed by atoms with E-state index in [-0.39, 0.29) is 5.91 Å². The molecule has 0 radical (unpaired) electrons. The summed E-state index contributed by atoms with van der Waals surface area (Å²) in [4.78, 5) is 21.4. The molecule has 0 aliphatic rings. The zero-order chi connectivity index (χ0) is 22.0. The number of nitrogens with zero attached hydrogens (tertiary/aromatic N) is 2. The van der Waals surface area contributed by atoms with E-state index in [1.165, 1.54) is 16.0 Å². The lowest BCUT2D eigenvalue weighted by Gasteiger charge is -2.20. The van der Waals surface area contributed by atoms with Crippen LogP contribution < -0.4 is 4.90 Å². The van der Waals surface area contributed by atoms with Gasteiger partial charge in [0.1, 0.15) is 0 Å². The van der Waals surface area contributed by atoms with E-state index < -0.39 is 0 Å². The van der Waals surface area contributed by atoms with Crippen molar-refractivity contribution in [1.82, 2.24) is 4.98 Å². The number of thiazole rings is 1. The van der Waals surface area contributed by atoms with Gasteiger partial charge in [0.05, 0.1) is 16.8 Å². The molecule has 3 aromatic carbocycles. The Balaban J connectivity index is 1.71. The van der Waals surface area contributed by atoms with Gasteiger partial charge in [-0.1, -0.05) is 55.5 Å². The molecule has 3 nitrogen and oxygen atoms in total. The van der Waals surface area contributed by atoms with Gasteiger partial charge in [0.25, 0.3) is 5.91 Å². The molecule has 158 valence electrons. The molecule has 0 spiro atoms. The molecular formula is C26H26N2OS2. The first kappa shape index (κ1) is 21.6. The fourth-order valence-electron chi connectivity index (χ4n) is 3.38. The third kappa shape index (κ3) is 5.00. The topological polar surface area (TPSA) is 33.2 Å². The summed E-state index contributed by atoms with van der Waals surface area (Å²) < 4.78 is 1.10. The van der Waals surface area contributed by atoms with Crippen molar-refractivity contribution in [3.8, 4) is 0 Å². The van der Waals surface area contributed by atoms with Crippen LogP contribution in [0.25, 0.3) is 10.2 Å². The molecule has 1 aromatic heterocycles. The zero-order valence-electron chi connectivity index (χ0n) is 18.3. The van der Waals surface area contributed by atoms with Crippen LogP contribution >= 0.6 is 23.1 Å². The summed E-state index contributed by atoms with van der Waals surface area (Å²) in [6, 6.07) is 22.3. The Morgan fingerprint density at radius 2 is 1.68 bits per heavy atom. The minimum absolute atomic E-state index is 0.0301. The number of hydrogen-bond acceptors (Lipinski definition) is 4. The van der Waals surface area contributed by atoms with Gasteiger partial charge in [-0.25, -0.2) is 4.98 Å². The maximum absolute atomic E-state index is 13.6. The van der Waals surface area contributed by atoms with E-state index in [0.29, 0.717) is 17.4 Å². The summed E-state index contributed by atoms with van der Waals surface area (Å²) in [5.74, 6) is -0.0301. The van der Waals surface area contributed by atoms with Crippen LogP contribution in [0.2, 0.25) is 0 Å². The van der Waals surface area contributed by atoms with Gasteiger partial charge in [0.2, 0.25) is 0 Å². The molecule has 0 saturated heterocycles. The van der Waals surface area contributed by atoms with Crippen molar-refractivity contribution < 1.29 is 4.79 Å². The number of rotatable bonds is 6. The molecule has 0 bridgehead atoms. The Morgan fingerprint density at radius 1 is 1.00 bits per heavy atom. The maximum atomic E-state index is 13.6. The van der Waals surface area contributed by atoms with Crippen LogP contribution in [0.5, 0.6) is 0 Å². The normalized spacial score (nSPS) is 11.3. The van der Waals surface area contributed by atoms with E-state index in [1.54, 1.807) is 28.0 Å². The second-order valence-corrected chi connectivity index (χ2v) is 10.6. The van der Waals surface area contributed by atoms with Crippen molar-refractivity contribution in [2.24, 2.45) is 0 Å². The second-order valence-electron chi connectivity index (χ2n) is 7.97. The molecule has 0 unspecified atom stereocenters. The van der Waals surface area contributed by atoms with Crippen molar-refractivity contribution in [3.63, 3.8) is 0 Å². The van der Waals surface area contributed by atoms with Crippen LogP contribution in [0.3, 0.4) is 0 Å². The Bertz CT molecular complexity index is 1160. The first-order valence-electron chi connectivity index (χ1n) is 10.4. The molecule has 0 atom stereocenters. The third-order valence-electron chi connectivity index (χ3n) is 5.13. The summed E-state index contributed by atoms with van der Waals surface area (Å²) in [6.45, 7) is 9.03. The molecule has 0 aliphatic carbocycles. The quantitative estimate of drug-likeness (QED) is 0.292. The Hall–Kier alpha value is -2.63. The van der Waals surface area contributed by atoms with E-state index in [1.807, 2.05) is 54.6 Å². The van der Waals surface area contributed by atoms with Crippen molar-refractivity contribution in [3.05, 3.63) is 89.0 Å². The maximum Gasteiger partial charge on any atom is 0.260 e. The first-order valence-corrected chi connectivity index (χ1v) is 12.1. The Labute approximate surface area is 192 Å². The lowest BCUT2D eigenvalue weighted by molar-refractivity contribution is 0.0985. The van der Waals surface area contributed by atoms with E-state index in [9.17, 15) is 4.79 Å². The highest BCUT2D eigenvalue weighted by molar-refractivity contribution is 7.99.